The molecule has 2 aromatic carbocycles. The highest BCUT2D eigenvalue weighted by Crippen LogP contribution is 2.28. The molecule has 0 saturated carbocycles. The lowest BCUT2D eigenvalue weighted by Gasteiger charge is -2.27. The number of anilines is 1. The van der Waals surface area contributed by atoms with Gasteiger partial charge in [0, 0.05) is 27.8 Å². The van der Waals surface area contributed by atoms with Crippen LogP contribution in [0.15, 0.2) is 36.4 Å². The van der Waals surface area contributed by atoms with E-state index in [0.29, 0.717) is 27.3 Å². The summed E-state index contributed by atoms with van der Waals surface area (Å²) in [6.07, 6.45) is 0. The average molecular weight is 400 g/mol. The second kappa shape index (κ2) is 8.81. The summed E-state index contributed by atoms with van der Waals surface area (Å²) in [7, 11) is 3.74. The van der Waals surface area contributed by atoms with Gasteiger partial charge in [0.05, 0.1) is 6.04 Å². The first kappa shape index (κ1) is 19.9. The van der Waals surface area contributed by atoms with E-state index < -0.39 is 0 Å². The molecular formula is C18H20Cl2FN3S. The number of nitrogens with zero attached hydrogens (tertiary/aromatic N) is 1. The molecule has 2 aromatic rings. The molecule has 0 radical (unpaired) electrons. The number of nitrogens with one attached hydrogen (secondary N) is 2. The molecule has 134 valence electrons. The van der Waals surface area contributed by atoms with Crippen molar-refractivity contribution < 1.29 is 4.39 Å². The Bertz CT molecular complexity index is 748. The van der Waals surface area contributed by atoms with Crippen LogP contribution in [0.2, 0.25) is 10.0 Å². The van der Waals surface area contributed by atoms with Crippen LogP contribution >= 0.6 is 35.4 Å². The van der Waals surface area contributed by atoms with Gasteiger partial charge in [-0.25, -0.2) is 4.39 Å². The zero-order valence-corrected chi connectivity index (χ0v) is 16.6. The molecule has 0 aliphatic rings. The Balaban J connectivity index is 2.09. The van der Waals surface area contributed by atoms with Crippen LogP contribution in [0.3, 0.4) is 0 Å². The van der Waals surface area contributed by atoms with Gasteiger partial charge in [0.1, 0.15) is 5.82 Å². The topological polar surface area (TPSA) is 27.3 Å². The lowest BCUT2D eigenvalue weighted by atomic mass is 10.1. The van der Waals surface area contributed by atoms with Gasteiger partial charge in [0.25, 0.3) is 0 Å². The first-order chi connectivity index (χ1) is 11.8. The van der Waals surface area contributed by atoms with E-state index in [9.17, 15) is 4.39 Å². The van der Waals surface area contributed by atoms with E-state index in [0.717, 1.165) is 11.3 Å². The minimum absolute atomic E-state index is 0.270. The standard InChI is InChI=1S/C18H20Cl2FN3S/c1-11-12(19)6-5-9-15(11)23-18(25)22-10-16(24(2)3)17-13(20)7-4-8-14(17)21/h4-9,16H,10H2,1-3H3,(H2,22,23,25)/t16-/m0/s1. The molecule has 0 fully saturated rings. The molecule has 0 amide bonds. The fraction of sp³-hybridized carbons (Fsp3) is 0.278. The monoisotopic (exact) mass is 399 g/mol. The molecule has 1 atom stereocenters. The van der Waals surface area contributed by atoms with Crippen molar-refractivity contribution in [3.8, 4) is 0 Å². The third-order valence-corrected chi connectivity index (χ3v) is 4.91. The van der Waals surface area contributed by atoms with Crippen LogP contribution in [0, 0.1) is 12.7 Å². The molecule has 0 aromatic heterocycles. The maximum atomic E-state index is 14.2. The van der Waals surface area contributed by atoms with Gasteiger partial charge in [-0.2, -0.15) is 0 Å². The summed E-state index contributed by atoms with van der Waals surface area (Å²) in [5, 5.41) is 7.73. The smallest absolute Gasteiger partial charge is 0.170 e. The zero-order chi connectivity index (χ0) is 18.6. The van der Waals surface area contributed by atoms with E-state index in [4.69, 9.17) is 35.4 Å². The summed E-state index contributed by atoms with van der Waals surface area (Å²) in [6.45, 7) is 2.31. The Hall–Kier alpha value is -1.40. The van der Waals surface area contributed by atoms with Gasteiger partial charge in [-0.3, -0.25) is 0 Å². The van der Waals surface area contributed by atoms with Gasteiger partial charge in [0.15, 0.2) is 5.11 Å². The Morgan fingerprint density at radius 3 is 2.44 bits per heavy atom. The fourth-order valence-corrected chi connectivity index (χ4v) is 3.13. The van der Waals surface area contributed by atoms with Crippen molar-refractivity contribution >= 4 is 46.2 Å². The van der Waals surface area contributed by atoms with Gasteiger partial charge in [-0.15, -0.1) is 0 Å². The van der Waals surface area contributed by atoms with E-state index in [1.54, 1.807) is 12.1 Å². The predicted molar refractivity (Wildman–Crippen MR) is 108 cm³/mol. The van der Waals surface area contributed by atoms with Gasteiger partial charge in [-0.05, 0) is 63.1 Å². The van der Waals surface area contributed by atoms with Gasteiger partial charge >= 0.3 is 0 Å². The predicted octanol–water partition coefficient (Wildman–Crippen LogP) is 5.03. The Labute approximate surface area is 163 Å². The number of hydrogen-bond donors (Lipinski definition) is 2. The van der Waals surface area contributed by atoms with Crippen molar-refractivity contribution in [3.63, 3.8) is 0 Å². The maximum absolute atomic E-state index is 14.2. The number of halogens is 3. The number of rotatable bonds is 5. The van der Waals surface area contributed by atoms with Crippen molar-refractivity contribution in [1.82, 2.24) is 10.2 Å². The average Bonchev–Trinajstić information content (AvgIpc) is 2.54. The third-order valence-electron chi connectivity index (χ3n) is 3.93. The van der Waals surface area contributed by atoms with Crippen LogP contribution in [0.5, 0.6) is 0 Å². The summed E-state index contributed by atoms with van der Waals surface area (Å²) in [4.78, 5) is 1.89. The molecule has 3 nitrogen and oxygen atoms in total. The van der Waals surface area contributed by atoms with E-state index in [1.807, 2.05) is 44.1 Å². The maximum Gasteiger partial charge on any atom is 0.170 e. The van der Waals surface area contributed by atoms with E-state index in [1.165, 1.54) is 6.07 Å². The Morgan fingerprint density at radius 2 is 1.80 bits per heavy atom. The second-order valence-corrected chi connectivity index (χ2v) is 7.08. The van der Waals surface area contributed by atoms with Crippen LogP contribution in [-0.4, -0.2) is 30.7 Å². The van der Waals surface area contributed by atoms with Crippen LogP contribution in [0.25, 0.3) is 0 Å². The Kier molecular flexibility index (Phi) is 7.02. The molecule has 2 N–H and O–H groups in total. The largest absolute Gasteiger partial charge is 0.361 e. The molecule has 25 heavy (non-hydrogen) atoms. The minimum Gasteiger partial charge on any atom is -0.361 e. The van der Waals surface area contributed by atoms with Crippen molar-refractivity contribution in [3.05, 3.63) is 63.4 Å². The van der Waals surface area contributed by atoms with Crippen molar-refractivity contribution in [2.24, 2.45) is 0 Å². The second-order valence-electron chi connectivity index (χ2n) is 5.86. The van der Waals surface area contributed by atoms with Gasteiger partial charge < -0.3 is 15.5 Å². The molecular weight excluding hydrogens is 380 g/mol. The van der Waals surface area contributed by atoms with E-state index in [-0.39, 0.29) is 11.9 Å². The van der Waals surface area contributed by atoms with Crippen LogP contribution in [0.4, 0.5) is 10.1 Å². The van der Waals surface area contributed by atoms with E-state index >= 15 is 0 Å². The SMILES string of the molecule is Cc1c(Cl)cccc1NC(=S)NC[C@@H](c1c(F)cccc1Cl)N(C)C. The first-order valence-corrected chi connectivity index (χ1v) is 8.88. The fourth-order valence-electron chi connectivity index (χ4n) is 2.47. The molecule has 0 aliphatic heterocycles. The van der Waals surface area contributed by atoms with Gasteiger partial charge in [0.2, 0.25) is 0 Å². The zero-order valence-electron chi connectivity index (χ0n) is 14.2. The number of hydrogen-bond acceptors (Lipinski definition) is 2. The molecule has 2 rings (SSSR count). The summed E-state index contributed by atoms with van der Waals surface area (Å²) in [5.74, 6) is -0.336. The molecule has 0 aliphatic carbocycles. The summed E-state index contributed by atoms with van der Waals surface area (Å²) < 4.78 is 14.2. The molecule has 0 heterocycles. The van der Waals surface area contributed by atoms with Crippen LogP contribution in [0.1, 0.15) is 17.2 Å². The van der Waals surface area contributed by atoms with Crippen molar-refractivity contribution in [2.45, 2.75) is 13.0 Å². The highest BCUT2D eigenvalue weighted by Gasteiger charge is 2.21. The molecule has 0 saturated heterocycles. The minimum atomic E-state index is -0.336. The normalized spacial score (nSPS) is 12.1. The highest BCUT2D eigenvalue weighted by molar-refractivity contribution is 7.80. The molecule has 0 bridgehead atoms. The van der Waals surface area contributed by atoms with Crippen LogP contribution in [-0.2, 0) is 0 Å². The number of benzene rings is 2. The summed E-state index contributed by atoms with van der Waals surface area (Å²) in [5.41, 5.74) is 2.19. The van der Waals surface area contributed by atoms with Crippen molar-refractivity contribution in [2.75, 3.05) is 26.0 Å². The highest BCUT2D eigenvalue weighted by atomic mass is 35.5. The lowest BCUT2D eigenvalue weighted by Crippen LogP contribution is -2.37. The molecule has 0 spiro atoms. The van der Waals surface area contributed by atoms with Crippen LogP contribution < -0.4 is 10.6 Å². The lowest BCUT2D eigenvalue weighted by molar-refractivity contribution is 0.292. The summed E-state index contributed by atoms with van der Waals surface area (Å²) >= 11 is 17.7. The first-order valence-electron chi connectivity index (χ1n) is 7.71. The quantitative estimate of drug-likeness (QED) is 0.689. The number of likely N-dealkylation sites (N-methyl/N-ethyl adjacent to an activating group) is 1. The van der Waals surface area contributed by atoms with E-state index in [2.05, 4.69) is 10.6 Å². The molecule has 7 heteroatoms. The number of thiocarbonyl (C=S) groups is 1. The molecule has 0 unspecified atom stereocenters. The summed E-state index contributed by atoms with van der Waals surface area (Å²) in [6, 6.07) is 9.98. The van der Waals surface area contributed by atoms with Gasteiger partial charge in [-0.1, -0.05) is 35.3 Å². The third kappa shape index (κ3) is 5.05. The van der Waals surface area contributed by atoms with Crippen molar-refractivity contribution in [1.29, 1.82) is 0 Å². The Morgan fingerprint density at radius 1 is 1.16 bits per heavy atom.